The van der Waals surface area contributed by atoms with Crippen LogP contribution in [0.15, 0.2) is 18.2 Å². The summed E-state index contributed by atoms with van der Waals surface area (Å²) in [4.78, 5) is 2.52. The number of fused-ring (bicyclic) bond motifs is 3. The van der Waals surface area contributed by atoms with Gasteiger partial charge in [0.2, 0.25) is 0 Å². The van der Waals surface area contributed by atoms with Crippen molar-refractivity contribution in [2.75, 3.05) is 18.1 Å². The molecule has 0 radical (unpaired) electrons. The second-order valence-corrected chi connectivity index (χ2v) is 5.05. The third kappa shape index (κ3) is 1.22. The van der Waals surface area contributed by atoms with Gasteiger partial charge in [-0.1, -0.05) is 6.07 Å². The molecule has 3 heterocycles. The number of rotatable bonds is 1. The molecule has 0 saturated carbocycles. The minimum absolute atomic E-state index is 0.483. The van der Waals surface area contributed by atoms with Crippen molar-refractivity contribution in [2.45, 2.75) is 31.7 Å². The Morgan fingerprint density at radius 2 is 2.19 bits per heavy atom. The van der Waals surface area contributed by atoms with Gasteiger partial charge in [0.15, 0.2) is 0 Å². The zero-order valence-corrected chi connectivity index (χ0v) is 9.28. The summed E-state index contributed by atoms with van der Waals surface area (Å²) in [7, 11) is 0. The number of hydrogen-bond acceptors (Lipinski definition) is 3. The number of morpholine rings is 1. The van der Waals surface area contributed by atoms with Crippen molar-refractivity contribution in [3.8, 4) is 0 Å². The molecule has 0 spiro atoms. The standard InChI is InChI=1S/C13H16N2O/c1-2-11(3-10-6-14-5-9(1)10)15-7-13-4-12(15)8-16-13/h1-3,12-14H,4-8H2. The molecule has 3 aliphatic rings. The smallest absolute Gasteiger partial charge is 0.0771 e. The van der Waals surface area contributed by atoms with Crippen LogP contribution in [0.5, 0.6) is 0 Å². The average molecular weight is 216 g/mol. The Morgan fingerprint density at radius 3 is 3.00 bits per heavy atom. The lowest BCUT2D eigenvalue weighted by Gasteiger charge is -2.29. The largest absolute Gasteiger partial charge is 0.374 e. The van der Waals surface area contributed by atoms with Gasteiger partial charge in [-0.05, 0) is 29.7 Å². The van der Waals surface area contributed by atoms with Gasteiger partial charge in [-0.25, -0.2) is 0 Å². The number of anilines is 1. The highest BCUT2D eigenvalue weighted by molar-refractivity contribution is 5.54. The van der Waals surface area contributed by atoms with Crippen molar-refractivity contribution in [1.82, 2.24) is 5.32 Å². The van der Waals surface area contributed by atoms with Crippen molar-refractivity contribution in [1.29, 1.82) is 0 Å². The lowest BCUT2D eigenvalue weighted by Crippen LogP contribution is -2.36. The first-order chi connectivity index (χ1) is 7.90. The van der Waals surface area contributed by atoms with E-state index in [1.54, 1.807) is 0 Å². The van der Waals surface area contributed by atoms with E-state index in [1.165, 1.54) is 23.2 Å². The van der Waals surface area contributed by atoms with E-state index < -0.39 is 0 Å². The molecule has 2 bridgehead atoms. The summed E-state index contributed by atoms with van der Waals surface area (Å²) in [5.41, 5.74) is 4.32. The van der Waals surface area contributed by atoms with Crippen LogP contribution in [0.4, 0.5) is 5.69 Å². The van der Waals surface area contributed by atoms with Crippen molar-refractivity contribution in [3.05, 3.63) is 29.3 Å². The number of nitrogens with one attached hydrogen (secondary N) is 1. The van der Waals surface area contributed by atoms with E-state index >= 15 is 0 Å². The molecule has 2 atom stereocenters. The summed E-state index contributed by atoms with van der Waals surface area (Å²) in [6.07, 6.45) is 1.70. The highest BCUT2D eigenvalue weighted by Crippen LogP contribution is 2.33. The zero-order chi connectivity index (χ0) is 10.5. The zero-order valence-electron chi connectivity index (χ0n) is 9.28. The average Bonchev–Trinajstić information content (AvgIpc) is 3.03. The molecule has 16 heavy (non-hydrogen) atoms. The molecule has 2 saturated heterocycles. The maximum atomic E-state index is 5.64. The van der Waals surface area contributed by atoms with Gasteiger partial charge in [0, 0.05) is 25.3 Å². The van der Waals surface area contributed by atoms with Gasteiger partial charge in [-0.3, -0.25) is 0 Å². The monoisotopic (exact) mass is 216 g/mol. The second-order valence-electron chi connectivity index (χ2n) is 5.05. The lowest BCUT2D eigenvalue weighted by atomic mass is 10.1. The Labute approximate surface area is 95.4 Å². The molecule has 0 aliphatic carbocycles. The number of hydrogen-bond donors (Lipinski definition) is 1. The first kappa shape index (κ1) is 9.02. The first-order valence-electron chi connectivity index (χ1n) is 6.11. The summed E-state index contributed by atoms with van der Waals surface area (Å²) in [5, 5.41) is 3.40. The molecule has 0 amide bonds. The molecule has 3 aliphatic heterocycles. The van der Waals surface area contributed by atoms with E-state index in [1.807, 2.05) is 0 Å². The molecule has 1 N–H and O–H groups in total. The highest BCUT2D eigenvalue weighted by atomic mass is 16.5. The van der Waals surface area contributed by atoms with E-state index in [0.717, 1.165) is 26.2 Å². The first-order valence-corrected chi connectivity index (χ1v) is 6.11. The van der Waals surface area contributed by atoms with Crippen molar-refractivity contribution < 1.29 is 4.74 Å². The number of nitrogens with zero attached hydrogens (tertiary/aromatic N) is 1. The molecule has 0 aromatic heterocycles. The fourth-order valence-electron chi connectivity index (χ4n) is 3.18. The molecule has 3 nitrogen and oxygen atoms in total. The van der Waals surface area contributed by atoms with E-state index in [-0.39, 0.29) is 0 Å². The van der Waals surface area contributed by atoms with Crippen LogP contribution in [0, 0.1) is 0 Å². The Morgan fingerprint density at radius 1 is 1.25 bits per heavy atom. The van der Waals surface area contributed by atoms with Crippen LogP contribution in [0.3, 0.4) is 0 Å². The Balaban J connectivity index is 1.68. The van der Waals surface area contributed by atoms with Crippen LogP contribution in [0.1, 0.15) is 17.5 Å². The minimum Gasteiger partial charge on any atom is -0.374 e. The van der Waals surface area contributed by atoms with Gasteiger partial charge in [-0.2, -0.15) is 0 Å². The van der Waals surface area contributed by atoms with Crippen molar-refractivity contribution >= 4 is 5.69 Å². The molecule has 1 aromatic rings. The van der Waals surface area contributed by atoms with E-state index in [2.05, 4.69) is 28.4 Å². The fourth-order valence-corrected chi connectivity index (χ4v) is 3.18. The maximum absolute atomic E-state index is 5.64. The Kier molecular flexibility index (Phi) is 1.81. The second kappa shape index (κ2) is 3.22. The predicted octanol–water partition coefficient (Wildman–Crippen LogP) is 1.27. The summed E-state index contributed by atoms with van der Waals surface area (Å²) in [5.74, 6) is 0. The molecule has 3 heteroatoms. The van der Waals surface area contributed by atoms with Crippen LogP contribution in [-0.4, -0.2) is 25.3 Å². The van der Waals surface area contributed by atoms with Gasteiger partial charge >= 0.3 is 0 Å². The molecule has 1 aromatic carbocycles. The predicted molar refractivity (Wildman–Crippen MR) is 62.5 cm³/mol. The SMILES string of the molecule is c1cc2c(cc1N1CC3CC1CO3)CNC2. The molecular weight excluding hydrogens is 200 g/mol. The van der Waals surface area contributed by atoms with Crippen LogP contribution < -0.4 is 10.2 Å². The summed E-state index contributed by atoms with van der Waals surface area (Å²) < 4.78 is 5.64. The number of benzene rings is 1. The van der Waals surface area contributed by atoms with Gasteiger partial charge in [0.1, 0.15) is 0 Å². The summed E-state index contributed by atoms with van der Waals surface area (Å²) >= 11 is 0. The molecular formula is C13H16N2O. The topological polar surface area (TPSA) is 24.5 Å². The molecule has 2 unspecified atom stereocenters. The van der Waals surface area contributed by atoms with Crippen molar-refractivity contribution in [2.24, 2.45) is 0 Å². The summed E-state index contributed by atoms with van der Waals surface area (Å²) in [6, 6.07) is 7.53. The van der Waals surface area contributed by atoms with Gasteiger partial charge in [0.05, 0.1) is 18.8 Å². The van der Waals surface area contributed by atoms with E-state index in [0.29, 0.717) is 12.1 Å². The van der Waals surface area contributed by atoms with Gasteiger partial charge in [-0.15, -0.1) is 0 Å². The third-order valence-electron chi connectivity index (χ3n) is 4.05. The minimum atomic E-state index is 0.483. The normalized spacial score (nSPS) is 31.1. The third-order valence-corrected chi connectivity index (χ3v) is 4.05. The Bertz CT molecular complexity index is 432. The van der Waals surface area contributed by atoms with E-state index in [9.17, 15) is 0 Å². The van der Waals surface area contributed by atoms with E-state index in [4.69, 9.17) is 4.74 Å². The maximum Gasteiger partial charge on any atom is 0.0771 e. The van der Waals surface area contributed by atoms with Crippen LogP contribution in [0.2, 0.25) is 0 Å². The number of ether oxygens (including phenoxy) is 1. The highest BCUT2D eigenvalue weighted by Gasteiger charge is 2.39. The summed E-state index contributed by atoms with van der Waals surface area (Å²) in [6.45, 7) is 4.06. The van der Waals surface area contributed by atoms with Crippen molar-refractivity contribution in [3.63, 3.8) is 0 Å². The van der Waals surface area contributed by atoms with Crippen LogP contribution >= 0.6 is 0 Å². The molecule has 84 valence electrons. The Hall–Kier alpha value is -1.06. The van der Waals surface area contributed by atoms with Crippen LogP contribution in [0.25, 0.3) is 0 Å². The lowest BCUT2D eigenvalue weighted by molar-refractivity contribution is 0.0991. The van der Waals surface area contributed by atoms with Crippen LogP contribution in [-0.2, 0) is 17.8 Å². The molecule has 2 fully saturated rings. The fraction of sp³-hybridized carbons (Fsp3) is 0.538. The molecule has 4 rings (SSSR count). The van der Waals surface area contributed by atoms with Gasteiger partial charge < -0.3 is 15.0 Å². The van der Waals surface area contributed by atoms with Gasteiger partial charge in [0.25, 0.3) is 0 Å². The quantitative estimate of drug-likeness (QED) is 0.765.